The van der Waals surface area contributed by atoms with E-state index in [1.807, 2.05) is 32.0 Å². The number of furan rings is 1. The van der Waals surface area contributed by atoms with Gasteiger partial charge in [0.05, 0.1) is 11.8 Å². The number of benzene rings is 1. The predicted octanol–water partition coefficient (Wildman–Crippen LogP) is 2.67. The van der Waals surface area contributed by atoms with E-state index in [0.717, 1.165) is 22.0 Å². The van der Waals surface area contributed by atoms with E-state index in [9.17, 15) is 9.59 Å². The van der Waals surface area contributed by atoms with Crippen LogP contribution >= 0.6 is 0 Å². The van der Waals surface area contributed by atoms with E-state index < -0.39 is 0 Å². The third-order valence-electron chi connectivity index (χ3n) is 3.55. The highest BCUT2D eigenvalue weighted by Crippen LogP contribution is 2.18. The van der Waals surface area contributed by atoms with E-state index in [0.29, 0.717) is 5.56 Å². The van der Waals surface area contributed by atoms with Crippen LogP contribution in [-0.4, -0.2) is 10.9 Å². The molecule has 0 aliphatic heterocycles. The van der Waals surface area contributed by atoms with Gasteiger partial charge >= 0.3 is 0 Å². The molecule has 0 unspecified atom stereocenters. The lowest BCUT2D eigenvalue weighted by Gasteiger charge is -2.07. The molecule has 5 heteroatoms. The second-order valence-corrected chi connectivity index (χ2v) is 5.33. The summed E-state index contributed by atoms with van der Waals surface area (Å²) in [5.41, 5.74) is 3.30. The number of rotatable bonds is 3. The van der Waals surface area contributed by atoms with Gasteiger partial charge in [0.15, 0.2) is 5.76 Å². The lowest BCUT2D eigenvalue weighted by molar-refractivity contribution is 0.0923. The van der Waals surface area contributed by atoms with E-state index in [2.05, 4.69) is 10.3 Å². The lowest BCUT2D eigenvalue weighted by atomic mass is 10.1. The first-order chi connectivity index (χ1) is 10.5. The van der Waals surface area contributed by atoms with Gasteiger partial charge in [-0.25, -0.2) is 0 Å². The van der Waals surface area contributed by atoms with Crippen LogP contribution < -0.4 is 10.9 Å². The molecule has 0 fully saturated rings. The van der Waals surface area contributed by atoms with Gasteiger partial charge in [0.1, 0.15) is 0 Å². The van der Waals surface area contributed by atoms with Gasteiger partial charge in [0.2, 0.25) is 0 Å². The van der Waals surface area contributed by atoms with Crippen LogP contribution in [0.5, 0.6) is 0 Å². The number of aromatic amines is 1. The molecule has 2 aromatic heterocycles. The first-order valence-electron chi connectivity index (χ1n) is 6.99. The Morgan fingerprint density at radius 2 is 2.09 bits per heavy atom. The standard InChI is InChI=1S/C17H16N2O3/c1-10-6-11(2)15-12(7-10)8-13(16(20)19-15)9-18-17(21)14-4-3-5-22-14/h3-8H,9H2,1-2H3,(H,18,21)(H,19,20). The smallest absolute Gasteiger partial charge is 0.287 e. The maximum absolute atomic E-state index is 12.1. The molecule has 1 amide bonds. The minimum absolute atomic E-state index is 0.151. The van der Waals surface area contributed by atoms with Crippen molar-refractivity contribution in [2.75, 3.05) is 0 Å². The highest BCUT2D eigenvalue weighted by atomic mass is 16.3. The third kappa shape index (κ3) is 2.65. The molecule has 5 nitrogen and oxygen atoms in total. The van der Waals surface area contributed by atoms with Crippen molar-refractivity contribution < 1.29 is 9.21 Å². The third-order valence-corrected chi connectivity index (χ3v) is 3.55. The first-order valence-corrected chi connectivity index (χ1v) is 6.99. The Bertz CT molecular complexity index is 892. The van der Waals surface area contributed by atoms with E-state index in [-0.39, 0.29) is 23.8 Å². The Morgan fingerprint density at radius 1 is 1.27 bits per heavy atom. The lowest BCUT2D eigenvalue weighted by Crippen LogP contribution is -2.26. The van der Waals surface area contributed by atoms with Crippen LogP contribution in [0.2, 0.25) is 0 Å². The molecule has 3 rings (SSSR count). The highest BCUT2D eigenvalue weighted by molar-refractivity contribution is 5.91. The van der Waals surface area contributed by atoms with Crippen LogP contribution in [0.1, 0.15) is 27.2 Å². The number of fused-ring (bicyclic) bond motifs is 1. The maximum Gasteiger partial charge on any atom is 0.287 e. The molecule has 0 bridgehead atoms. The van der Waals surface area contributed by atoms with Crippen LogP contribution in [-0.2, 0) is 6.54 Å². The fourth-order valence-electron chi connectivity index (χ4n) is 2.53. The van der Waals surface area contributed by atoms with Crippen molar-refractivity contribution in [3.8, 4) is 0 Å². The minimum atomic E-state index is -0.343. The van der Waals surface area contributed by atoms with Gasteiger partial charge in [-0.05, 0) is 49.1 Å². The summed E-state index contributed by atoms with van der Waals surface area (Å²) in [6, 6.07) is 9.07. The van der Waals surface area contributed by atoms with Gasteiger partial charge < -0.3 is 14.7 Å². The molecular weight excluding hydrogens is 280 g/mol. The molecule has 0 radical (unpaired) electrons. The summed E-state index contributed by atoms with van der Waals surface area (Å²) in [6.45, 7) is 4.12. The Kier molecular flexibility index (Phi) is 3.55. The van der Waals surface area contributed by atoms with Crippen molar-refractivity contribution in [3.63, 3.8) is 0 Å². The van der Waals surface area contributed by atoms with Crippen molar-refractivity contribution >= 4 is 16.8 Å². The highest BCUT2D eigenvalue weighted by Gasteiger charge is 2.10. The van der Waals surface area contributed by atoms with Crippen LogP contribution in [0.4, 0.5) is 0 Å². The van der Waals surface area contributed by atoms with E-state index >= 15 is 0 Å². The Morgan fingerprint density at radius 3 is 2.82 bits per heavy atom. The number of aromatic nitrogens is 1. The van der Waals surface area contributed by atoms with Gasteiger partial charge in [-0.3, -0.25) is 9.59 Å². The van der Waals surface area contributed by atoms with E-state index in [1.165, 1.54) is 6.26 Å². The van der Waals surface area contributed by atoms with Crippen molar-refractivity contribution in [2.45, 2.75) is 20.4 Å². The number of aryl methyl sites for hydroxylation is 2. The normalized spacial score (nSPS) is 10.8. The summed E-state index contributed by atoms with van der Waals surface area (Å²) in [5.74, 6) is -0.117. The second-order valence-electron chi connectivity index (χ2n) is 5.33. The van der Waals surface area contributed by atoms with Crippen molar-refractivity contribution in [1.29, 1.82) is 0 Å². The SMILES string of the molecule is Cc1cc(C)c2[nH]c(=O)c(CNC(=O)c3ccco3)cc2c1. The number of pyridine rings is 1. The summed E-state index contributed by atoms with van der Waals surface area (Å²) in [4.78, 5) is 26.9. The molecule has 0 saturated heterocycles. The molecule has 0 saturated carbocycles. The van der Waals surface area contributed by atoms with Gasteiger partial charge in [-0.15, -0.1) is 0 Å². The zero-order chi connectivity index (χ0) is 15.7. The molecule has 3 aromatic rings. The molecule has 0 aliphatic carbocycles. The Balaban J connectivity index is 1.89. The zero-order valence-corrected chi connectivity index (χ0v) is 12.4. The summed E-state index contributed by atoms with van der Waals surface area (Å²) >= 11 is 0. The molecule has 0 atom stereocenters. The van der Waals surface area contributed by atoms with Gasteiger partial charge in [-0.1, -0.05) is 11.6 Å². The monoisotopic (exact) mass is 296 g/mol. The molecular formula is C17H16N2O3. The van der Waals surface area contributed by atoms with Crippen LogP contribution in [0.3, 0.4) is 0 Å². The van der Waals surface area contributed by atoms with E-state index in [4.69, 9.17) is 4.42 Å². The Hall–Kier alpha value is -2.82. The quantitative estimate of drug-likeness (QED) is 0.780. The van der Waals surface area contributed by atoms with E-state index in [1.54, 1.807) is 12.1 Å². The average Bonchev–Trinajstić information content (AvgIpc) is 3.00. The van der Waals surface area contributed by atoms with Crippen molar-refractivity contribution in [1.82, 2.24) is 10.3 Å². The molecule has 22 heavy (non-hydrogen) atoms. The fourth-order valence-corrected chi connectivity index (χ4v) is 2.53. The number of amides is 1. The number of H-pyrrole nitrogens is 1. The van der Waals surface area contributed by atoms with Crippen molar-refractivity contribution in [2.24, 2.45) is 0 Å². The van der Waals surface area contributed by atoms with Gasteiger partial charge in [0, 0.05) is 12.1 Å². The number of hydrogen-bond acceptors (Lipinski definition) is 3. The summed E-state index contributed by atoms with van der Waals surface area (Å²) < 4.78 is 5.02. The van der Waals surface area contributed by atoms with Crippen LogP contribution in [0.15, 0.2) is 45.8 Å². The molecule has 0 aliphatic rings. The molecule has 2 heterocycles. The number of carbonyl (C=O) groups is 1. The minimum Gasteiger partial charge on any atom is -0.459 e. The topological polar surface area (TPSA) is 75.1 Å². The van der Waals surface area contributed by atoms with Gasteiger partial charge in [0.25, 0.3) is 11.5 Å². The Labute approximate surface area is 127 Å². The molecule has 2 N–H and O–H groups in total. The number of carbonyl (C=O) groups excluding carboxylic acids is 1. The molecule has 0 spiro atoms. The maximum atomic E-state index is 12.1. The number of hydrogen-bond donors (Lipinski definition) is 2. The molecule has 1 aromatic carbocycles. The average molecular weight is 296 g/mol. The fraction of sp³-hybridized carbons (Fsp3) is 0.176. The molecule has 112 valence electrons. The predicted molar refractivity (Wildman–Crippen MR) is 83.9 cm³/mol. The largest absolute Gasteiger partial charge is 0.459 e. The van der Waals surface area contributed by atoms with Gasteiger partial charge in [-0.2, -0.15) is 0 Å². The summed E-state index contributed by atoms with van der Waals surface area (Å²) in [7, 11) is 0. The number of nitrogens with one attached hydrogen (secondary N) is 2. The summed E-state index contributed by atoms with van der Waals surface area (Å²) in [5, 5.41) is 3.64. The van der Waals surface area contributed by atoms with Crippen molar-refractivity contribution in [3.05, 3.63) is 69.4 Å². The zero-order valence-electron chi connectivity index (χ0n) is 12.4. The first kappa shape index (κ1) is 14.1. The van der Waals surface area contributed by atoms with Crippen LogP contribution in [0.25, 0.3) is 10.9 Å². The summed E-state index contributed by atoms with van der Waals surface area (Å²) in [6.07, 6.45) is 1.43. The second kappa shape index (κ2) is 5.52. The van der Waals surface area contributed by atoms with Crippen LogP contribution in [0, 0.1) is 13.8 Å².